The van der Waals surface area contributed by atoms with Gasteiger partial charge in [0.2, 0.25) is 0 Å². The molecule has 0 spiro atoms. The molecule has 2 aromatic carbocycles. The van der Waals surface area contributed by atoms with Gasteiger partial charge < -0.3 is 10.2 Å². The molecule has 1 aliphatic heterocycles. The second-order valence-corrected chi connectivity index (χ2v) is 7.54. The summed E-state index contributed by atoms with van der Waals surface area (Å²) < 4.78 is 0. The van der Waals surface area contributed by atoms with Crippen molar-refractivity contribution >= 4 is 17.5 Å². The van der Waals surface area contributed by atoms with Crippen LogP contribution in [0.15, 0.2) is 42.5 Å². The zero-order valence-electron chi connectivity index (χ0n) is 15.7. The highest BCUT2D eigenvalue weighted by Crippen LogP contribution is 2.24. The Kier molecular flexibility index (Phi) is 5.23. The van der Waals surface area contributed by atoms with Gasteiger partial charge >= 0.3 is 0 Å². The van der Waals surface area contributed by atoms with E-state index in [1.165, 1.54) is 30.4 Å². The van der Waals surface area contributed by atoms with Crippen LogP contribution in [0, 0.1) is 0 Å². The predicted octanol–water partition coefficient (Wildman–Crippen LogP) is 4.44. The van der Waals surface area contributed by atoms with E-state index in [9.17, 15) is 9.59 Å². The highest BCUT2D eigenvalue weighted by atomic mass is 16.2. The lowest BCUT2D eigenvalue weighted by molar-refractivity contribution is 0.0725. The van der Waals surface area contributed by atoms with Gasteiger partial charge in [0.25, 0.3) is 11.8 Å². The van der Waals surface area contributed by atoms with Crippen LogP contribution in [0.2, 0.25) is 0 Å². The zero-order chi connectivity index (χ0) is 18.6. The Labute approximate surface area is 160 Å². The van der Waals surface area contributed by atoms with Crippen LogP contribution in [-0.4, -0.2) is 29.8 Å². The molecule has 2 aliphatic rings. The van der Waals surface area contributed by atoms with Crippen molar-refractivity contribution in [3.63, 3.8) is 0 Å². The molecule has 2 amide bonds. The number of fused-ring (bicyclic) bond motifs is 1. The number of benzene rings is 2. The summed E-state index contributed by atoms with van der Waals surface area (Å²) in [5, 5.41) is 2.97. The van der Waals surface area contributed by atoms with Gasteiger partial charge in [-0.15, -0.1) is 0 Å². The summed E-state index contributed by atoms with van der Waals surface area (Å²) in [5.41, 5.74) is 4.47. The number of nitrogens with one attached hydrogen (secondary N) is 1. The number of aryl methyl sites for hydroxylation is 2. The third-order valence-corrected chi connectivity index (χ3v) is 5.66. The summed E-state index contributed by atoms with van der Waals surface area (Å²) >= 11 is 0. The SMILES string of the molecule is O=C(Nc1ccccc1C(=O)N1CCCCC1)c1ccc2c(c1)CCCC2. The van der Waals surface area contributed by atoms with Crippen molar-refractivity contribution in [2.75, 3.05) is 18.4 Å². The van der Waals surface area contributed by atoms with Gasteiger partial charge in [-0.25, -0.2) is 0 Å². The molecule has 4 rings (SSSR count). The molecule has 0 bridgehead atoms. The third kappa shape index (κ3) is 3.90. The highest BCUT2D eigenvalue weighted by Gasteiger charge is 2.21. The minimum atomic E-state index is -0.151. The Bertz CT molecular complexity index is 853. The molecule has 1 aliphatic carbocycles. The van der Waals surface area contributed by atoms with E-state index >= 15 is 0 Å². The van der Waals surface area contributed by atoms with Gasteiger partial charge in [-0.2, -0.15) is 0 Å². The summed E-state index contributed by atoms with van der Waals surface area (Å²) in [7, 11) is 0. The third-order valence-electron chi connectivity index (χ3n) is 5.66. The molecule has 1 N–H and O–H groups in total. The monoisotopic (exact) mass is 362 g/mol. The van der Waals surface area contributed by atoms with Crippen LogP contribution < -0.4 is 5.32 Å². The Morgan fingerprint density at radius 1 is 0.815 bits per heavy atom. The molecule has 4 nitrogen and oxygen atoms in total. The number of hydrogen-bond acceptors (Lipinski definition) is 2. The van der Waals surface area contributed by atoms with E-state index in [1.54, 1.807) is 6.07 Å². The number of carbonyl (C=O) groups excluding carboxylic acids is 2. The van der Waals surface area contributed by atoms with Crippen LogP contribution in [0.3, 0.4) is 0 Å². The van der Waals surface area contributed by atoms with Crippen molar-refractivity contribution in [2.45, 2.75) is 44.9 Å². The van der Waals surface area contributed by atoms with Crippen LogP contribution >= 0.6 is 0 Å². The van der Waals surface area contributed by atoms with E-state index in [2.05, 4.69) is 11.4 Å². The van der Waals surface area contributed by atoms with E-state index in [0.717, 1.165) is 38.8 Å². The fraction of sp³-hybridized carbons (Fsp3) is 0.391. The fourth-order valence-electron chi connectivity index (χ4n) is 4.12. The van der Waals surface area contributed by atoms with Crippen LogP contribution in [0.25, 0.3) is 0 Å². The molecule has 27 heavy (non-hydrogen) atoms. The van der Waals surface area contributed by atoms with Gasteiger partial charge in [0.15, 0.2) is 0 Å². The van der Waals surface area contributed by atoms with Gasteiger partial charge in [0, 0.05) is 18.7 Å². The maximum atomic E-state index is 12.9. The van der Waals surface area contributed by atoms with Crippen LogP contribution in [0.5, 0.6) is 0 Å². The van der Waals surface area contributed by atoms with Crippen molar-refractivity contribution < 1.29 is 9.59 Å². The van der Waals surface area contributed by atoms with Crippen molar-refractivity contribution in [3.05, 3.63) is 64.7 Å². The molecule has 1 fully saturated rings. The zero-order valence-corrected chi connectivity index (χ0v) is 15.7. The molecule has 2 aromatic rings. The van der Waals surface area contributed by atoms with Gasteiger partial charge in [-0.3, -0.25) is 9.59 Å². The predicted molar refractivity (Wildman–Crippen MR) is 107 cm³/mol. The van der Waals surface area contributed by atoms with Crippen LogP contribution in [0.4, 0.5) is 5.69 Å². The summed E-state index contributed by atoms with van der Waals surface area (Å²) in [6.07, 6.45) is 7.84. The average Bonchev–Trinajstić information content (AvgIpc) is 2.74. The lowest BCUT2D eigenvalue weighted by Gasteiger charge is -2.27. The number of amides is 2. The number of para-hydroxylation sites is 1. The number of anilines is 1. The average molecular weight is 362 g/mol. The van der Waals surface area contributed by atoms with E-state index < -0.39 is 0 Å². The molecular formula is C23H26N2O2. The minimum absolute atomic E-state index is 0.0102. The van der Waals surface area contributed by atoms with Crippen molar-refractivity contribution in [1.29, 1.82) is 0 Å². The molecule has 0 aromatic heterocycles. The molecule has 0 saturated carbocycles. The summed E-state index contributed by atoms with van der Waals surface area (Å²) in [6, 6.07) is 13.3. The van der Waals surface area contributed by atoms with Gasteiger partial charge in [0.1, 0.15) is 0 Å². The highest BCUT2D eigenvalue weighted by molar-refractivity contribution is 6.09. The maximum Gasteiger partial charge on any atom is 0.255 e. The molecule has 0 unspecified atom stereocenters. The first-order valence-corrected chi connectivity index (χ1v) is 10.0. The topological polar surface area (TPSA) is 49.4 Å². The Balaban J connectivity index is 1.54. The second kappa shape index (κ2) is 7.95. The summed E-state index contributed by atoms with van der Waals surface area (Å²) in [6.45, 7) is 1.60. The maximum absolute atomic E-state index is 12.9. The fourth-order valence-corrected chi connectivity index (χ4v) is 4.12. The van der Waals surface area contributed by atoms with E-state index in [-0.39, 0.29) is 11.8 Å². The Morgan fingerprint density at radius 3 is 2.37 bits per heavy atom. The van der Waals surface area contributed by atoms with E-state index in [4.69, 9.17) is 0 Å². The number of carbonyl (C=O) groups is 2. The number of piperidine rings is 1. The lowest BCUT2D eigenvalue weighted by atomic mass is 9.90. The molecule has 0 atom stereocenters. The normalized spacial score (nSPS) is 16.5. The smallest absolute Gasteiger partial charge is 0.255 e. The van der Waals surface area contributed by atoms with Crippen molar-refractivity contribution in [3.8, 4) is 0 Å². The van der Waals surface area contributed by atoms with Gasteiger partial charge in [-0.1, -0.05) is 18.2 Å². The molecule has 4 heteroatoms. The van der Waals surface area contributed by atoms with E-state index in [1.807, 2.05) is 35.2 Å². The first-order valence-electron chi connectivity index (χ1n) is 10.0. The Morgan fingerprint density at radius 2 is 1.56 bits per heavy atom. The summed E-state index contributed by atoms with van der Waals surface area (Å²) in [4.78, 5) is 27.6. The van der Waals surface area contributed by atoms with Crippen molar-refractivity contribution in [1.82, 2.24) is 4.90 Å². The van der Waals surface area contributed by atoms with E-state index in [0.29, 0.717) is 16.8 Å². The second-order valence-electron chi connectivity index (χ2n) is 7.54. The van der Waals surface area contributed by atoms with Crippen LogP contribution in [-0.2, 0) is 12.8 Å². The molecule has 1 saturated heterocycles. The Hall–Kier alpha value is -2.62. The minimum Gasteiger partial charge on any atom is -0.339 e. The summed E-state index contributed by atoms with van der Waals surface area (Å²) in [5.74, 6) is -0.140. The van der Waals surface area contributed by atoms with Gasteiger partial charge in [-0.05, 0) is 80.3 Å². The largest absolute Gasteiger partial charge is 0.339 e. The van der Waals surface area contributed by atoms with Crippen molar-refractivity contribution in [2.24, 2.45) is 0 Å². The first kappa shape index (κ1) is 17.8. The molecule has 0 radical (unpaired) electrons. The first-order chi connectivity index (χ1) is 13.2. The number of rotatable bonds is 3. The number of likely N-dealkylation sites (tertiary alicyclic amines) is 1. The molecule has 1 heterocycles. The molecular weight excluding hydrogens is 336 g/mol. The molecule has 140 valence electrons. The number of nitrogens with zero attached hydrogens (tertiary/aromatic N) is 1. The van der Waals surface area contributed by atoms with Gasteiger partial charge in [0.05, 0.1) is 11.3 Å². The quantitative estimate of drug-likeness (QED) is 0.877. The lowest BCUT2D eigenvalue weighted by Crippen LogP contribution is -2.36. The standard InChI is InChI=1S/C23H26N2O2/c26-22(19-13-12-17-8-2-3-9-18(17)16-19)24-21-11-5-4-10-20(21)23(27)25-14-6-1-7-15-25/h4-5,10-13,16H,1-3,6-9,14-15H2,(H,24,26). The number of hydrogen-bond donors (Lipinski definition) is 1. The van der Waals surface area contributed by atoms with Crippen LogP contribution in [0.1, 0.15) is 63.9 Å².